The van der Waals surface area contributed by atoms with Gasteiger partial charge in [-0.3, -0.25) is 4.57 Å². The first-order valence-electron chi connectivity index (χ1n) is 8.82. The SMILES string of the molecule is C=CCn1c(SCc2ccccc2C)nnc1C(C)Oc1ccc(F)cc1Cl. The van der Waals surface area contributed by atoms with E-state index in [4.69, 9.17) is 16.3 Å². The largest absolute Gasteiger partial charge is 0.481 e. The second kappa shape index (κ2) is 9.26. The summed E-state index contributed by atoms with van der Waals surface area (Å²) in [5, 5.41) is 9.66. The van der Waals surface area contributed by atoms with Crippen molar-refractivity contribution in [2.45, 2.75) is 37.4 Å². The third-order valence-corrected chi connectivity index (χ3v) is 5.55. The second-order valence-electron chi connectivity index (χ2n) is 6.29. The van der Waals surface area contributed by atoms with E-state index in [0.717, 1.165) is 10.9 Å². The van der Waals surface area contributed by atoms with Crippen LogP contribution in [0.2, 0.25) is 5.02 Å². The lowest BCUT2D eigenvalue weighted by Crippen LogP contribution is -2.12. The van der Waals surface area contributed by atoms with Crippen LogP contribution in [-0.4, -0.2) is 14.8 Å². The number of rotatable bonds is 8. The molecule has 0 fully saturated rings. The van der Waals surface area contributed by atoms with Gasteiger partial charge in [-0.2, -0.15) is 0 Å². The molecule has 0 aliphatic heterocycles. The second-order valence-corrected chi connectivity index (χ2v) is 7.64. The molecule has 146 valence electrons. The molecule has 0 N–H and O–H groups in total. The van der Waals surface area contributed by atoms with Gasteiger partial charge >= 0.3 is 0 Å². The molecule has 0 saturated carbocycles. The Balaban J connectivity index is 1.79. The highest BCUT2D eigenvalue weighted by molar-refractivity contribution is 7.98. The fourth-order valence-electron chi connectivity index (χ4n) is 2.74. The van der Waals surface area contributed by atoms with E-state index in [2.05, 4.69) is 35.8 Å². The molecule has 0 amide bonds. The van der Waals surface area contributed by atoms with Crippen molar-refractivity contribution >= 4 is 23.4 Å². The first kappa shape index (κ1) is 20.4. The molecule has 0 saturated heterocycles. The summed E-state index contributed by atoms with van der Waals surface area (Å²) in [7, 11) is 0. The van der Waals surface area contributed by atoms with Crippen molar-refractivity contribution in [1.29, 1.82) is 0 Å². The standard InChI is InChI=1S/C21H21ClFN3OS/c1-4-11-26-20(15(3)27-19-10-9-17(23)12-18(19)22)24-25-21(26)28-13-16-8-6-5-7-14(16)2/h4-10,12,15H,1,11,13H2,2-3H3. The van der Waals surface area contributed by atoms with Crippen molar-refractivity contribution in [3.8, 4) is 5.75 Å². The van der Waals surface area contributed by atoms with Crippen LogP contribution in [-0.2, 0) is 12.3 Å². The molecule has 0 bridgehead atoms. The van der Waals surface area contributed by atoms with E-state index in [1.54, 1.807) is 17.8 Å². The summed E-state index contributed by atoms with van der Waals surface area (Å²) in [4.78, 5) is 0. The minimum Gasteiger partial charge on any atom is -0.481 e. The number of halogens is 2. The van der Waals surface area contributed by atoms with Crippen LogP contribution < -0.4 is 4.74 Å². The lowest BCUT2D eigenvalue weighted by molar-refractivity contribution is 0.210. The summed E-state index contributed by atoms with van der Waals surface area (Å²) >= 11 is 7.69. The third kappa shape index (κ3) is 4.75. The van der Waals surface area contributed by atoms with Crippen molar-refractivity contribution < 1.29 is 9.13 Å². The van der Waals surface area contributed by atoms with Gasteiger partial charge in [0.1, 0.15) is 11.6 Å². The van der Waals surface area contributed by atoms with Crippen LogP contribution in [0.3, 0.4) is 0 Å². The predicted molar refractivity (Wildman–Crippen MR) is 111 cm³/mol. The number of thioether (sulfide) groups is 1. The Bertz CT molecular complexity index is 976. The highest BCUT2D eigenvalue weighted by atomic mass is 35.5. The molecule has 4 nitrogen and oxygen atoms in total. The predicted octanol–water partition coefficient (Wildman–Crippen LogP) is 6.00. The number of ether oxygens (including phenoxy) is 1. The van der Waals surface area contributed by atoms with Gasteiger partial charge in [0.2, 0.25) is 0 Å². The quantitative estimate of drug-likeness (QED) is 0.333. The van der Waals surface area contributed by atoms with Crippen molar-refractivity contribution in [3.63, 3.8) is 0 Å². The molecular formula is C21H21ClFN3OS. The average Bonchev–Trinajstić information content (AvgIpc) is 3.06. The molecule has 0 radical (unpaired) electrons. The fourth-order valence-corrected chi connectivity index (χ4v) is 3.98. The Labute approximate surface area is 173 Å². The van der Waals surface area contributed by atoms with E-state index in [1.807, 2.05) is 23.6 Å². The summed E-state index contributed by atoms with van der Waals surface area (Å²) in [5.41, 5.74) is 2.50. The maximum Gasteiger partial charge on any atom is 0.191 e. The molecule has 1 heterocycles. The van der Waals surface area contributed by atoms with Crippen LogP contribution in [0.25, 0.3) is 0 Å². The Morgan fingerprint density at radius 3 is 2.79 bits per heavy atom. The lowest BCUT2D eigenvalue weighted by Gasteiger charge is -2.16. The number of allylic oxidation sites excluding steroid dienone is 1. The van der Waals surface area contributed by atoms with Crippen molar-refractivity contribution in [1.82, 2.24) is 14.8 Å². The van der Waals surface area contributed by atoms with Crippen LogP contribution in [0.15, 0.2) is 60.3 Å². The number of nitrogens with zero attached hydrogens (tertiary/aromatic N) is 3. The number of aromatic nitrogens is 3. The molecule has 3 rings (SSSR count). The van der Waals surface area contributed by atoms with Crippen LogP contribution >= 0.6 is 23.4 Å². The monoisotopic (exact) mass is 417 g/mol. The van der Waals surface area contributed by atoms with Gasteiger partial charge in [0, 0.05) is 12.3 Å². The normalized spacial score (nSPS) is 12.0. The lowest BCUT2D eigenvalue weighted by atomic mass is 10.1. The van der Waals surface area contributed by atoms with E-state index < -0.39 is 11.9 Å². The summed E-state index contributed by atoms with van der Waals surface area (Å²) in [6, 6.07) is 12.3. The summed E-state index contributed by atoms with van der Waals surface area (Å²) in [6.07, 6.45) is 1.38. The van der Waals surface area contributed by atoms with E-state index in [0.29, 0.717) is 18.1 Å². The minimum absolute atomic E-state index is 0.218. The fraction of sp³-hybridized carbons (Fsp3) is 0.238. The molecule has 0 aliphatic carbocycles. The first-order valence-corrected chi connectivity index (χ1v) is 10.2. The molecule has 1 unspecified atom stereocenters. The zero-order valence-corrected chi connectivity index (χ0v) is 17.3. The third-order valence-electron chi connectivity index (χ3n) is 4.24. The highest BCUT2D eigenvalue weighted by Gasteiger charge is 2.20. The van der Waals surface area contributed by atoms with E-state index in [9.17, 15) is 4.39 Å². The first-order chi connectivity index (χ1) is 13.5. The zero-order valence-electron chi connectivity index (χ0n) is 15.7. The van der Waals surface area contributed by atoms with Gasteiger partial charge in [-0.05, 0) is 43.2 Å². The number of benzene rings is 2. The van der Waals surface area contributed by atoms with Gasteiger partial charge in [-0.15, -0.1) is 16.8 Å². The Kier molecular flexibility index (Phi) is 6.75. The van der Waals surface area contributed by atoms with E-state index in [-0.39, 0.29) is 5.02 Å². The van der Waals surface area contributed by atoms with Gasteiger partial charge < -0.3 is 4.74 Å². The topological polar surface area (TPSA) is 39.9 Å². The molecule has 28 heavy (non-hydrogen) atoms. The Morgan fingerprint density at radius 1 is 1.29 bits per heavy atom. The van der Waals surface area contributed by atoms with Crippen LogP contribution in [0.4, 0.5) is 4.39 Å². The summed E-state index contributed by atoms with van der Waals surface area (Å²) in [6.45, 7) is 8.34. The van der Waals surface area contributed by atoms with E-state index >= 15 is 0 Å². The highest BCUT2D eigenvalue weighted by Crippen LogP contribution is 2.31. The maximum atomic E-state index is 13.2. The van der Waals surface area contributed by atoms with E-state index in [1.165, 1.54) is 29.3 Å². The number of hydrogen-bond donors (Lipinski definition) is 0. The van der Waals surface area contributed by atoms with Crippen molar-refractivity contribution in [2.75, 3.05) is 0 Å². The summed E-state index contributed by atoms with van der Waals surface area (Å²) < 4.78 is 21.1. The maximum absolute atomic E-state index is 13.2. The van der Waals surface area contributed by atoms with Gasteiger partial charge in [0.25, 0.3) is 0 Å². The average molecular weight is 418 g/mol. The molecule has 3 aromatic rings. The molecule has 2 aromatic carbocycles. The molecule has 0 aliphatic rings. The Hall–Kier alpha value is -2.31. The Morgan fingerprint density at radius 2 is 2.07 bits per heavy atom. The zero-order chi connectivity index (χ0) is 20.1. The van der Waals surface area contributed by atoms with Gasteiger partial charge in [-0.1, -0.05) is 53.7 Å². The molecular weight excluding hydrogens is 397 g/mol. The molecule has 1 atom stereocenters. The van der Waals surface area contributed by atoms with Gasteiger partial charge in [0.15, 0.2) is 17.1 Å². The van der Waals surface area contributed by atoms with Crippen LogP contribution in [0.1, 0.15) is 30.0 Å². The molecule has 7 heteroatoms. The summed E-state index contributed by atoms with van der Waals surface area (Å²) in [5.74, 6) is 1.45. The van der Waals surface area contributed by atoms with Crippen molar-refractivity contribution in [2.24, 2.45) is 0 Å². The number of hydrogen-bond acceptors (Lipinski definition) is 4. The van der Waals surface area contributed by atoms with Gasteiger partial charge in [-0.25, -0.2) is 4.39 Å². The van der Waals surface area contributed by atoms with Gasteiger partial charge in [0.05, 0.1) is 5.02 Å². The van der Waals surface area contributed by atoms with Crippen molar-refractivity contribution in [3.05, 3.63) is 82.9 Å². The van der Waals surface area contributed by atoms with Crippen LogP contribution in [0.5, 0.6) is 5.75 Å². The van der Waals surface area contributed by atoms with Crippen LogP contribution in [0, 0.1) is 12.7 Å². The minimum atomic E-state index is -0.414. The smallest absolute Gasteiger partial charge is 0.191 e. The molecule has 0 spiro atoms. The molecule has 1 aromatic heterocycles. The number of aryl methyl sites for hydroxylation is 1.